The lowest BCUT2D eigenvalue weighted by atomic mass is 9.81. The maximum Gasteiger partial charge on any atom is 0.586 e. The number of oxazole rings is 1. The second-order valence-electron chi connectivity index (χ2n) is 11.4. The van der Waals surface area contributed by atoms with E-state index in [0.29, 0.717) is 39.4 Å². The van der Waals surface area contributed by atoms with Gasteiger partial charge in [0.05, 0.1) is 10.2 Å². The van der Waals surface area contributed by atoms with Crippen molar-refractivity contribution in [1.29, 1.82) is 0 Å². The van der Waals surface area contributed by atoms with Crippen LogP contribution in [0.1, 0.15) is 45.9 Å². The van der Waals surface area contributed by atoms with Crippen LogP contribution in [0.15, 0.2) is 69.6 Å². The summed E-state index contributed by atoms with van der Waals surface area (Å²) in [5, 5.41) is 2.90. The summed E-state index contributed by atoms with van der Waals surface area (Å²) in [4.78, 5) is 35.3. The summed E-state index contributed by atoms with van der Waals surface area (Å²) in [5.41, 5.74) is 7.54. The van der Waals surface area contributed by atoms with Crippen molar-refractivity contribution in [2.45, 2.75) is 31.5 Å². The molecule has 0 radical (unpaired) electrons. The van der Waals surface area contributed by atoms with Gasteiger partial charge < -0.3 is 29.7 Å². The van der Waals surface area contributed by atoms with Crippen LogP contribution in [-0.4, -0.2) is 41.2 Å². The number of amides is 2. The fraction of sp³-hybridized carbons (Fsp3) is 0.212. The van der Waals surface area contributed by atoms with Crippen molar-refractivity contribution in [3.63, 3.8) is 0 Å². The minimum atomic E-state index is -3.88. The lowest BCUT2D eigenvalue weighted by Crippen LogP contribution is -2.40. The van der Waals surface area contributed by atoms with E-state index in [-0.39, 0.29) is 46.1 Å². The van der Waals surface area contributed by atoms with Crippen LogP contribution < -0.4 is 25.3 Å². The van der Waals surface area contributed by atoms with Crippen LogP contribution >= 0.6 is 15.9 Å². The first kappa shape index (κ1) is 30.5. The summed E-state index contributed by atoms with van der Waals surface area (Å²) in [7, 11) is 0. The molecule has 2 aromatic heterocycles. The SMILES string of the molecule is Cc1nc2ccc(C(=O)NC[C@@H](c3cccc(F)c3)c3cc4c(c(-c5ccc6c(c5Br)OC(F)(F)O6)n3)OC[C@]4(C)C(N)=O)cc2o1. The smallest absolute Gasteiger partial charge is 0.489 e. The zero-order valence-electron chi connectivity index (χ0n) is 24.7. The number of hydrogen-bond donors (Lipinski definition) is 2. The maximum atomic E-state index is 14.6. The fourth-order valence-corrected chi connectivity index (χ4v) is 6.32. The monoisotopic (exact) mass is 708 g/mol. The molecule has 2 aliphatic heterocycles. The van der Waals surface area contributed by atoms with E-state index in [2.05, 4.69) is 31.0 Å². The molecule has 0 spiro atoms. The molecule has 3 N–H and O–H groups in total. The quantitative estimate of drug-likeness (QED) is 0.206. The molecule has 0 unspecified atom stereocenters. The molecule has 2 amide bonds. The van der Waals surface area contributed by atoms with Crippen LogP contribution in [0.4, 0.5) is 13.2 Å². The summed E-state index contributed by atoms with van der Waals surface area (Å²) in [6.45, 7) is 3.15. The molecular weight excluding hydrogens is 685 g/mol. The van der Waals surface area contributed by atoms with Crippen molar-refractivity contribution in [2.75, 3.05) is 13.2 Å². The van der Waals surface area contributed by atoms with E-state index in [0.717, 1.165) is 0 Å². The number of nitrogens with two attached hydrogens (primary N) is 1. The van der Waals surface area contributed by atoms with Gasteiger partial charge in [-0.3, -0.25) is 9.59 Å². The number of primary amides is 1. The highest BCUT2D eigenvalue weighted by molar-refractivity contribution is 9.10. The van der Waals surface area contributed by atoms with Gasteiger partial charge in [-0.05, 0) is 76.9 Å². The Hall–Kier alpha value is -5.11. The van der Waals surface area contributed by atoms with E-state index >= 15 is 0 Å². The predicted molar refractivity (Wildman–Crippen MR) is 165 cm³/mol. The molecule has 0 fully saturated rings. The van der Waals surface area contributed by atoms with Gasteiger partial charge in [0.25, 0.3) is 5.91 Å². The van der Waals surface area contributed by atoms with Crippen LogP contribution in [0.5, 0.6) is 17.2 Å². The third kappa shape index (κ3) is 5.31. The van der Waals surface area contributed by atoms with Crippen LogP contribution in [0.25, 0.3) is 22.4 Å². The number of nitrogens with zero attached hydrogens (tertiary/aromatic N) is 2. The molecule has 2 atom stereocenters. The second kappa shape index (κ2) is 11.0. The van der Waals surface area contributed by atoms with E-state index in [1.807, 2.05) is 0 Å². The lowest BCUT2D eigenvalue weighted by Gasteiger charge is -2.23. The van der Waals surface area contributed by atoms with Crippen LogP contribution in [0.2, 0.25) is 0 Å². The standard InChI is InChI=1S/C33H24BrF3N4O6/c1-15-40-22-8-6-17(11-25(22)45-15)30(42)39-13-20(16-4-3-5-18(35)10-16)23-12-21-28(44-14-32(21,2)31(38)43)27(41-23)19-7-9-24-29(26(19)34)47-33(36,37)46-24/h3-12,20H,13-14H2,1-2H3,(H2,38,43)(H,39,42)/t20-,32-/m0/s1. The lowest BCUT2D eigenvalue weighted by molar-refractivity contribution is -0.286. The van der Waals surface area contributed by atoms with E-state index in [1.54, 1.807) is 44.2 Å². The number of carbonyl (C=O) groups excluding carboxylic acids is 2. The van der Waals surface area contributed by atoms with Crippen molar-refractivity contribution in [1.82, 2.24) is 15.3 Å². The highest BCUT2D eigenvalue weighted by Gasteiger charge is 2.47. The Morgan fingerprint density at radius 3 is 2.64 bits per heavy atom. The van der Waals surface area contributed by atoms with Crippen molar-refractivity contribution in [2.24, 2.45) is 5.73 Å². The number of nitrogens with one attached hydrogen (secondary N) is 1. The molecule has 0 saturated carbocycles. The molecule has 4 heterocycles. The summed E-state index contributed by atoms with van der Waals surface area (Å²) >= 11 is 3.35. The number of rotatable bonds is 7. The molecule has 0 bridgehead atoms. The molecule has 5 aromatic rings. The Morgan fingerprint density at radius 2 is 1.87 bits per heavy atom. The first-order valence-electron chi connectivity index (χ1n) is 14.3. The molecule has 240 valence electrons. The Labute approximate surface area is 273 Å². The molecular formula is C33H24BrF3N4O6. The summed E-state index contributed by atoms with van der Waals surface area (Å²) in [5.74, 6) is -2.17. The van der Waals surface area contributed by atoms with Crippen LogP contribution in [-0.2, 0) is 10.2 Å². The van der Waals surface area contributed by atoms with Crippen molar-refractivity contribution in [3.05, 3.63) is 99.2 Å². The molecule has 2 aliphatic rings. The largest absolute Gasteiger partial charge is 0.586 e. The molecule has 0 aliphatic carbocycles. The number of alkyl halides is 2. The van der Waals surface area contributed by atoms with E-state index < -0.39 is 35.3 Å². The second-order valence-corrected chi connectivity index (χ2v) is 12.2. The Balaban J connectivity index is 1.34. The highest BCUT2D eigenvalue weighted by Crippen LogP contribution is 2.52. The van der Waals surface area contributed by atoms with Gasteiger partial charge in [-0.15, -0.1) is 8.78 Å². The number of aromatic nitrogens is 2. The summed E-state index contributed by atoms with van der Waals surface area (Å²) in [6, 6.07) is 15.1. The van der Waals surface area contributed by atoms with Crippen molar-refractivity contribution >= 4 is 38.8 Å². The van der Waals surface area contributed by atoms with E-state index in [4.69, 9.17) is 24.6 Å². The number of ether oxygens (including phenoxy) is 3. The Morgan fingerprint density at radius 1 is 1.06 bits per heavy atom. The van der Waals surface area contributed by atoms with Gasteiger partial charge in [-0.1, -0.05) is 12.1 Å². The summed E-state index contributed by atoms with van der Waals surface area (Å²) in [6.07, 6.45) is -3.88. The fourth-order valence-electron chi connectivity index (χ4n) is 5.73. The van der Waals surface area contributed by atoms with Gasteiger partial charge in [0.1, 0.15) is 34.8 Å². The van der Waals surface area contributed by atoms with Gasteiger partial charge in [-0.25, -0.2) is 14.4 Å². The first-order chi connectivity index (χ1) is 22.3. The average molecular weight is 709 g/mol. The van der Waals surface area contributed by atoms with Gasteiger partial charge in [-0.2, -0.15) is 0 Å². The van der Waals surface area contributed by atoms with E-state index in [9.17, 15) is 22.8 Å². The minimum absolute atomic E-state index is 0.0519. The van der Waals surface area contributed by atoms with Gasteiger partial charge in [0.15, 0.2) is 23.0 Å². The number of hydrogen-bond acceptors (Lipinski definition) is 8. The van der Waals surface area contributed by atoms with Gasteiger partial charge in [0.2, 0.25) is 5.91 Å². The number of fused-ring (bicyclic) bond motifs is 3. The van der Waals surface area contributed by atoms with Crippen LogP contribution in [0, 0.1) is 12.7 Å². The number of benzene rings is 3. The Kier molecular flexibility index (Phi) is 7.15. The number of pyridine rings is 1. The molecule has 14 heteroatoms. The molecule has 47 heavy (non-hydrogen) atoms. The molecule has 10 nitrogen and oxygen atoms in total. The van der Waals surface area contributed by atoms with Gasteiger partial charge >= 0.3 is 6.29 Å². The van der Waals surface area contributed by atoms with E-state index in [1.165, 1.54) is 30.3 Å². The normalized spacial score (nSPS) is 18.1. The van der Waals surface area contributed by atoms with Crippen molar-refractivity contribution < 1.29 is 41.4 Å². The molecule has 0 saturated heterocycles. The first-order valence-corrected chi connectivity index (χ1v) is 15.1. The van der Waals surface area contributed by atoms with Crippen molar-refractivity contribution in [3.8, 4) is 28.5 Å². The molecule has 7 rings (SSSR count). The zero-order chi connectivity index (χ0) is 33.2. The maximum absolute atomic E-state index is 14.6. The number of halogens is 4. The average Bonchev–Trinajstić information content (AvgIpc) is 3.68. The minimum Gasteiger partial charge on any atom is -0.489 e. The number of carbonyl (C=O) groups is 2. The zero-order valence-corrected chi connectivity index (χ0v) is 26.3. The van der Waals surface area contributed by atoms with Gasteiger partial charge in [0, 0.05) is 36.1 Å². The Bertz CT molecular complexity index is 2120. The highest BCUT2D eigenvalue weighted by atomic mass is 79.9. The third-order valence-electron chi connectivity index (χ3n) is 8.23. The van der Waals surface area contributed by atoms with Crippen LogP contribution in [0.3, 0.4) is 0 Å². The predicted octanol–water partition coefficient (Wildman–Crippen LogP) is 6.12. The summed E-state index contributed by atoms with van der Waals surface area (Å²) < 4.78 is 63.5. The number of aryl methyl sites for hydroxylation is 1. The third-order valence-corrected chi connectivity index (χ3v) is 9.02. The topological polar surface area (TPSA) is 139 Å². The molecule has 3 aromatic carbocycles.